The third-order valence-corrected chi connectivity index (χ3v) is 3.13. The summed E-state index contributed by atoms with van der Waals surface area (Å²) in [6.07, 6.45) is -0.139. The molecule has 1 aliphatic rings. The first-order chi connectivity index (χ1) is 10.0. The molecular formula is C14H15NO6. The number of ether oxygens (including phenoxy) is 3. The highest BCUT2D eigenvalue weighted by molar-refractivity contribution is 6.04. The van der Waals surface area contributed by atoms with Gasteiger partial charge in [0.25, 0.3) is 5.91 Å². The van der Waals surface area contributed by atoms with Crippen LogP contribution in [0.4, 0.5) is 5.69 Å². The van der Waals surface area contributed by atoms with E-state index in [9.17, 15) is 14.4 Å². The smallest absolute Gasteiger partial charge is 0.325 e. The largest absolute Gasteiger partial charge is 0.493 e. The number of hydrogen-bond acceptors (Lipinski definition) is 6. The summed E-state index contributed by atoms with van der Waals surface area (Å²) in [4.78, 5) is 35.9. The van der Waals surface area contributed by atoms with Gasteiger partial charge >= 0.3 is 5.97 Å². The summed E-state index contributed by atoms with van der Waals surface area (Å²) in [6.45, 7) is 1.31. The van der Waals surface area contributed by atoms with Crippen molar-refractivity contribution < 1.29 is 28.6 Å². The second kappa shape index (κ2) is 5.82. The lowest BCUT2D eigenvalue weighted by Crippen LogP contribution is -2.47. The first-order valence-electron chi connectivity index (χ1n) is 6.23. The molecule has 0 N–H and O–H groups in total. The molecule has 0 saturated heterocycles. The molecule has 0 spiro atoms. The zero-order valence-corrected chi connectivity index (χ0v) is 11.9. The van der Waals surface area contributed by atoms with Gasteiger partial charge in [0.05, 0.1) is 19.9 Å². The van der Waals surface area contributed by atoms with Crippen LogP contribution in [0.3, 0.4) is 0 Å². The van der Waals surface area contributed by atoms with Crippen LogP contribution in [0.5, 0.6) is 11.5 Å². The van der Waals surface area contributed by atoms with Crippen LogP contribution in [-0.2, 0) is 14.3 Å². The normalized spacial score (nSPS) is 16.8. The molecule has 21 heavy (non-hydrogen) atoms. The maximum Gasteiger partial charge on any atom is 0.325 e. The van der Waals surface area contributed by atoms with Gasteiger partial charge in [0.1, 0.15) is 12.8 Å². The van der Waals surface area contributed by atoms with Gasteiger partial charge in [-0.3, -0.25) is 19.3 Å². The van der Waals surface area contributed by atoms with E-state index in [-0.39, 0.29) is 6.54 Å². The molecule has 0 radical (unpaired) electrons. The van der Waals surface area contributed by atoms with Crippen LogP contribution in [0.25, 0.3) is 0 Å². The van der Waals surface area contributed by atoms with Gasteiger partial charge in [0, 0.05) is 5.56 Å². The summed E-state index contributed by atoms with van der Waals surface area (Å²) in [5, 5.41) is 0. The Morgan fingerprint density at radius 3 is 2.71 bits per heavy atom. The summed E-state index contributed by atoms with van der Waals surface area (Å²) in [7, 11) is 2.67. The van der Waals surface area contributed by atoms with Crippen LogP contribution in [0.2, 0.25) is 0 Å². The van der Waals surface area contributed by atoms with Crippen LogP contribution in [0, 0.1) is 0 Å². The zero-order chi connectivity index (χ0) is 15.6. The first kappa shape index (κ1) is 14.8. The van der Waals surface area contributed by atoms with Crippen molar-refractivity contribution in [2.24, 2.45) is 0 Å². The lowest BCUT2D eigenvalue weighted by Gasteiger charge is -2.33. The predicted octanol–water partition coefficient (Wildman–Crippen LogP) is 0.795. The van der Waals surface area contributed by atoms with Gasteiger partial charge in [-0.1, -0.05) is 0 Å². The Bertz CT molecular complexity index is 597. The molecule has 2 rings (SSSR count). The zero-order valence-electron chi connectivity index (χ0n) is 11.9. The second-order valence-electron chi connectivity index (χ2n) is 4.45. The van der Waals surface area contributed by atoms with Gasteiger partial charge in [0.15, 0.2) is 17.6 Å². The van der Waals surface area contributed by atoms with Crippen molar-refractivity contribution in [3.8, 4) is 11.5 Å². The summed E-state index contributed by atoms with van der Waals surface area (Å²) in [5.74, 6) is -0.320. The van der Waals surface area contributed by atoms with E-state index in [4.69, 9.17) is 9.47 Å². The Labute approximate surface area is 121 Å². The maximum absolute atomic E-state index is 12.2. The lowest BCUT2D eigenvalue weighted by molar-refractivity contribution is -0.140. The Morgan fingerprint density at radius 2 is 2.14 bits per heavy atom. The van der Waals surface area contributed by atoms with Crippen molar-refractivity contribution in [3.63, 3.8) is 0 Å². The number of methoxy groups -OCH3 is 2. The molecule has 0 saturated carbocycles. The Hall–Kier alpha value is -2.57. The topological polar surface area (TPSA) is 82.1 Å². The van der Waals surface area contributed by atoms with Crippen LogP contribution < -0.4 is 14.4 Å². The van der Waals surface area contributed by atoms with Gasteiger partial charge in [0.2, 0.25) is 0 Å². The average Bonchev–Trinajstić information content (AvgIpc) is 2.50. The number of rotatable bonds is 4. The van der Waals surface area contributed by atoms with E-state index < -0.39 is 18.0 Å². The highest BCUT2D eigenvalue weighted by Crippen LogP contribution is 2.42. The number of amides is 1. The fourth-order valence-electron chi connectivity index (χ4n) is 2.07. The Balaban J connectivity index is 2.56. The minimum absolute atomic E-state index is 0.262. The lowest BCUT2D eigenvalue weighted by atomic mass is 10.1. The number of esters is 1. The number of hydrogen-bond donors (Lipinski definition) is 0. The van der Waals surface area contributed by atoms with Gasteiger partial charge < -0.3 is 14.2 Å². The van der Waals surface area contributed by atoms with Crippen molar-refractivity contribution in [2.45, 2.75) is 13.0 Å². The number of carbonyl (C=O) groups is 3. The Kier molecular flexibility index (Phi) is 4.11. The van der Waals surface area contributed by atoms with Crippen molar-refractivity contribution in [2.75, 3.05) is 25.7 Å². The maximum atomic E-state index is 12.2. The third-order valence-electron chi connectivity index (χ3n) is 3.13. The molecule has 0 fully saturated rings. The monoisotopic (exact) mass is 293 g/mol. The summed E-state index contributed by atoms with van der Waals surface area (Å²) in [5.41, 5.74) is 0.622. The highest BCUT2D eigenvalue weighted by atomic mass is 16.5. The van der Waals surface area contributed by atoms with E-state index in [2.05, 4.69) is 4.74 Å². The molecule has 0 aromatic heterocycles. The second-order valence-corrected chi connectivity index (χ2v) is 4.45. The molecule has 7 nitrogen and oxygen atoms in total. The molecule has 1 aliphatic heterocycles. The number of benzene rings is 1. The van der Waals surface area contributed by atoms with Crippen LogP contribution in [0.1, 0.15) is 17.3 Å². The van der Waals surface area contributed by atoms with Crippen LogP contribution in [0.15, 0.2) is 12.1 Å². The van der Waals surface area contributed by atoms with E-state index in [0.717, 1.165) is 0 Å². The van der Waals surface area contributed by atoms with Crippen molar-refractivity contribution >= 4 is 23.9 Å². The minimum atomic E-state index is -0.766. The van der Waals surface area contributed by atoms with Gasteiger partial charge in [-0.2, -0.15) is 0 Å². The standard InChI is InChI=1S/C14H15NO6/c1-8-14(18)15(6-12(17)20-3)10-4-9(7-16)5-11(19-2)13(10)21-8/h4-5,7-8H,6H2,1-3H3. The third kappa shape index (κ3) is 2.67. The van der Waals surface area contributed by atoms with Crippen LogP contribution >= 0.6 is 0 Å². The van der Waals surface area contributed by atoms with Crippen molar-refractivity contribution in [1.29, 1.82) is 0 Å². The van der Waals surface area contributed by atoms with E-state index in [1.807, 2.05) is 0 Å². The van der Waals surface area contributed by atoms with Crippen molar-refractivity contribution in [1.82, 2.24) is 0 Å². The highest BCUT2D eigenvalue weighted by Gasteiger charge is 2.35. The number of carbonyl (C=O) groups excluding carboxylic acids is 3. The SMILES string of the molecule is COC(=O)CN1C(=O)C(C)Oc2c(OC)cc(C=O)cc21. The molecule has 1 unspecified atom stereocenters. The quantitative estimate of drug-likeness (QED) is 0.603. The predicted molar refractivity (Wildman–Crippen MR) is 72.8 cm³/mol. The van der Waals surface area contributed by atoms with E-state index in [1.54, 1.807) is 6.92 Å². The number of fused-ring (bicyclic) bond motifs is 1. The molecule has 7 heteroatoms. The minimum Gasteiger partial charge on any atom is -0.493 e. The molecule has 1 atom stereocenters. The Morgan fingerprint density at radius 1 is 1.43 bits per heavy atom. The summed E-state index contributed by atoms with van der Waals surface area (Å²) < 4.78 is 15.3. The molecule has 1 amide bonds. The van der Waals surface area contributed by atoms with Crippen LogP contribution in [-0.4, -0.2) is 45.0 Å². The molecular weight excluding hydrogens is 278 g/mol. The van der Waals surface area contributed by atoms with E-state index in [1.165, 1.54) is 31.3 Å². The summed E-state index contributed by atoms with van der Waals surface area (Å²) >= 11 is 0. The molecule has 1 aromatic rings. The van der Waals surface area contributed by atoms with Gasteiger partial charge in [-0.15, -0.1) is 0 Å². The fraction of sp³-hybridized carbons (Fsp3) is 0.357. The number of nitrogens with zero attached hydrogens (tertiary/aromatic N) is 1. The molecule has 0 bridgehead atoms. The average molecular weight is 293 g/mol. The number of anilines is 1. The van der Waals surface area contributed by atoms with E-state index >= 15 is 0 Å². The fourth-order valence-corrected chi connectivity index (χ4v) is 2.07. The van der Waals surface area contributed by atoms with Gasteiger partial charge in [-0.05, 0) is 19.1 Å². The summed E-state index contributed by atoms with van der Waals surface area (Å²) in [6, 6.07) is 2.97. The van der Waals surface area contributed by atoms with Crippen molar-refractivity contribution in [3.05, 3.63) is 17.7 Å². The number of aldehydes is 1. The molecule has 112 valence electrons. The van der Waals surface area contributed by atoms with Gasteiger partial charge in [-0.25, -0.2) is 0 Å². The molecule has 1 heterocycles. The van der Waals surface area contributed by atoms with E-state index in [0.29, 0.717) is 29.0 Å². The first-order valence-corrected chi connectivity index (χ1v) is 6.23. The molecule has 0 aliphatic carbocycles. The molecule has 1 aromatic carbocycles.